The van der Waals surface area contributed by atoms with Crippen molar-refractivity contribution in [1.29, 1.82) is 0 Å². The molecule has 22 heavy (non-hydrogen) atoms. The van der Waals surface area contributed by atoms with Crippen molar-refractivity contribution in [3.05, 3.63) is 63.7 Å². The van der Waals surface area contributed by atoms with E-state index in [-0.39, 0.29) is 17.9 Å². The van der Waals surface area contributed by atoms with E-state index in [9.17, 15) is 14.9 Å². The molecule has 0 spiro atoms. The summed E-state index contributed by atoms with van der Waals surface area (Å²) in [5.74, 6) is -0.123. The van der Waals surface area contributed by atoms with E-state index >= 15 is 0 Å². The summed E-state index contributed by atoms with van der Waals surface area (Å²) in [6.45, 7) is -0.0210. The summed E-state index contributed by atoms with van der Waals surface area (Å²) in [7, 11) is 1.53. The van der Waals surface area contributed by atoms with Crippen molar-refractivity contribution in [2.45, 2.75) is 6.61 Å². The zero-order valence-electron chi connectivity index (χ0n) is 11.7. The first-order valence-corrected chi connectivity index (χ1v) is 6.28. The molecule has 7 heteroatoms. The molecule has 1 N–H and O–H groups in total. The minimum Gasteiger partial charge on any atom is -0.497 e. The van der Waals surface area contributed by atoms with Crippen LogP contribution in [0.1, 0.15) is 15.9 Å². The number of carbonyl (C=O) groups is 1. The first kappa shape index (κ1) is 15.3. The molecule has 2 rings (SSSR count). The van der Waals surface area contributed by atoms with Gasteiger partial charge in [-0.2, -0.15) is 0 Å². The number of rotatable bonds is 6. The van der Waals surface area contributed by atoms with Crippen molar-refractivity contribution in [3.63, 3.8) is 0 Å². The minimum absolute atomic E-state index is 0.0210. The summed E-state index contributed by atoms with van der Waals surface area (Å²) in [5.41, 5.74) is -0.0828. The molecule has 0 aliphatic carbocycles. The highest BCUT2D eigenvalue weighted by molar-refractivity contribution is 5.90. The van der Waals surface area contributed by atoms with Crippen molar-refractivity contribution >= 4 is 11.7 Å². The number of aromatic carboxylic acids is 1. The molecule has 0 aromatic heterocycles. The summed E-state index contributed by atoms with van der Waals surface area (Å²) in [6.07, 6.45) is 0. The van der Waals surface area contributed by atoms with E-state index in [2.05, 4.69) is 0 Å². The molecular weight excluding hydrogens is 290 g/mol. The number of carboxylic acids is 1. The number of carboxylic acid groups (broad SMARTS) is 1. The van der Waals surface area contributed by atoms with Crippen LogP contribution in [-0.4, -0.2) is 23.1 Å². The van der Waals surface area contributed by atoms with Gasteiger partial charge in [0.1, 0.15) is 18.1 Å². The standard InChI is InChI=1S/C15H13NO6/c1-21-12-3-2-4-13(8-12)22-9-10-5-6-11(16(19)20)7-14(10)15(17)18/h2-8H,9H2,1H3,(H,17,18). The van der Waals surface area contributed by atoms with Crippen LogP contribution >= 0.6 is 0 Å². The Bertz CT molecular complexity index is 713. The molecular formula is C15H13NO6. The number of hydrogen-bond donors (Lipinski definition) is 1. The highest BCUT2D eigenvalue weighted by atomic mass is 16.6. The average molecular weight is 303 g/mol. The van der Waals surface area contributed by atoms with E-state index < -0.39 is 10.9 Å². The third-order valence-electron chi connectivity index (χ3n) is 2.97. The van der Waals surface area contributed by atoms with E-state index in [1.807, 2.05) is 0 Å². The second kappa shape index (κ2) is 6.57. The van der Waals surface area contributed by atoms with Crippen LogP contribution in [0.15, 0.2) is 42.5 Å². The maximum atomic E-state index is 11.2. The molecule has 0 aliphatic heterocycles. The predicted octanol–water partition coefficient (Wildman–Crippen LogP) is 2.88. The van der Waals surface area contributed by atoms with Crippen LogP contribution in [0, 0.1) is 10.1 Å². The maximum absolute atomic E-state index is 11.2. The van der Waals surface area contributed by atoms with Gasteiger partial charge < -0.3 is 14.6 Å². The molecule has 0 aliphatic rings. The van der Waals surface area contributed by atoms with E-state index in [1.54, 1.807) is 24.3 Å². The van der Waals surface area contributed by atoms with Gasteiger partial charge in [-0.25, -0.2) is 4.79 Å². The van der Waals surface area contributed by atoms with Crippen LogP contribution in [-0.2, 0) is 6.61 Å². The highest BCUT2D eigenvalue weighted by Gasteiger charge is 2.16. The average Bonchev–Trinajstić information content (AvgIpc) is 2.52. The lowest BCUT2D eigenvalue weighted by Crippen LogP contribution is -2.06. The second-order valence-corrected chi connectivity index (χ2v) is 4.37. The normalized spacial score (nSPS) is 10.0. The molecule has 0 saturated carbocycles. The van der Waals surface area contributed by atoms with Crippen molar-refractivity contribution < 1.29 is 24.3 Å². The Labute approximate surface area is 125 Å². The highest BCUT2D eigenvalue weighted by Crippen LogP contribution is 2.22. The fourth-order valence-electron chi connectivity index (χ4n) is 1.86. The molecule has 0 saturated heterocycles. The number of nitro benzene ring substituents is 1. The van der Waals surface area contributed by atoms with Gasteiger partial charge in [0.25, 0.3) is 5.69 Å². The minimum atomic E-state index is -1.24. The van der Waals surface area contributed by atoms with Gasteiger partial charge in [-0.1, -0.05) is 6.07 Å². The van der Waals surface area contributed by atoms with Gasteiger partial charge in [0, 0.05) is 23.8 Å². The second-order valence-electron chi connectivity index (χ2n) is 4.37. The molecule has 2 aromatic carbocycles. The number of benzene rings is 2. The molecule has 0 amide bonds. The van der Waals surface area contributed by atoms with Crippen LogP contribution in [0.5, 0.6) is 11.5 Å². The van der Waals surface area contributed by atoms with Crippen molar-refractivity contribution in [3.8, 4) is 11.5 Å². The lowest BCUT2D eigenvalue weighted by Gasteiger charge is -2.09. The first-order chi connectivity index (χ1) is 10.5. The number of ether oxygens (including phenoxy) is 2. The van der Waals surface area contributed by atoms with Gasteiger partial charge in [0.2, 0.25) is 0 Å². The van der Waals surface area contributed by atoms with Gasteiger partial charge in [0.05, 0.1) is 17.6 Å². The Morgan fingerprint density at radius 3 is 2.59 bits per heavy atom. The summed E-state index contributed by atoms with van der Waals surface area (Å²) in [6, 6.07) is 10.5. The Hall–Kier alpha value is -3.09. The monoisotopic (exact) mass is 303 g/mol. The topological polar surface area (TPSA) is 98.9 Å². The SMILES string of the molecule is COc1cccc(OCc2ccc([N+](=O)[O-])cc2C(=O)O)c1. The van der Waals surface area contributed by atoms with Crippen LogP contribution in [0.25, 0.3) is 0 Å². The molecule has 0 atom stereocenters. The summed E-state index contributed by atoms with van der Waals surface area (Å²) >= 11 is 0. The van der Waals surface area contributed by atoms with E-state index in [0.29, 0.717) is 17.1 Å². The molecule has 2 aromatic rings. The van der Waals surface area contributed by atoms with Crippen molar-refractivity contribution in [2.75, 3.05) is 7.11 Å². The van der Waals surface area contributed by atoms with Gasteiger partial charge in [-0.05, 0) is 18.2 Å². The van der Waals surface area contributed by atoms with Crippen LogP contribution in [0.2, 0.25) is 0 Å². The third kappa shape index (κ3) is 3.51. The fraction of sp³-hybridized carbons (Fsp3) is 0.133. The van der Waals surface area contributed by atoms with Gasteiger partial charge in [-0.3, -0.25) is 10.1 Å². The Morgan fingerprint density at radius 1 is 1.23 bits per heavy atom. The van der Waals surface area contributed by atoms with Crippen LogP contribution in [0.4, 0.5) is 5.69 Å². The quantitative estimate of drug-likeness (QED) is 0.650. The molecule has 7 nitrogen and oxygen atoms in total. The largest absolute Gasteiger partial charge is 0.497 e. The van der Waals surface area contributed by atoms with Gasteiger partial charge in [-0.15, -0.1) is 0 Å². The Morgan fingerprint density at radius 2 is 1.95 bits per heavy atom. The zero-order chi connectivity index (χ0) is 16.1. The van der Waals surface area contributed by atoms with E-state index in [0.717, 1.165) is 6.07 Å². The summed E-state index contributed by atoms with van der Waals surface area (Å²) in [4.78, 5) is 21.3. The number of nitro groups is 1. The lowest BCUT2D eigenvalue weighted by atomic mass is 10.1. The fourth-order valence-corrected chi connectivity index (χ4v) is 1.86. The number of nitrogens with zero attached hydrogens (tertiary/aromatic N) is 1. The van der Waals surface area contributed by atoms with E-state index in [4.69, 9.17) is 14.6 Å². The van der Waals surface area contributed by atoms with Crippen LogP contribution < -0.4 is 9.47 Å². The summed E-state index contributed by atoms with van der Waals surface area (Å²) < 4.78 is 10.6. The number of methoxy groups -OCH3 is 1. The third-order valence-corrected chi connectivity index (χ3v) is 2.97. The molecule has 0 heterocycles. The zero-order valence-corrected chi connectivity index (χ0v) is 11.7. The smallest absolute Gasteiger partial charge is 0.336 e. The van der Waals surface area contributed by atoms with Gasteiger partial charge in [0.15, 0.2) is 0 Å². The number of non-ortho nitro benzene ring substituents is 1. The van der Waals surface area contributed by atoms with Crippen molar-refractivity contribution in [2.24, 2.45) is 0 Å². The first-order valence-electron chi connectivity index (χ1n) is 6.28. The van der Waals surface area contributed by atoms with Crippen molar-refractivity contribution in [1.82, 2.24) is 0 Å². The van der Waals surface area contributed by atoms with Gasteiger partial charge >= 0.3 is 5.97 Å². The van der Waals surface area contributed by atoms with E-state index in [1.165, 1.54) is 19.2 Å². The Kier molecular flexibility index (Phi) is 4.57. The maximum Gasteiger partial charge on any atom is 0.336 e. The molecule has 114 valence electrons. The predicted molar refractivity (Wildman–Crippen MR) is 77.4 cm³/mol. The molecule has 0 bridgehead atoms. The number of hydrogen-bond acceptors (Lipinski definition) is 5. The van der Waals surface area contributed by atoms with Crippen LogP contribution in [0.3, 0.4) is 0 Å². The molecule has 0 unspecified atom stereocenters. The summed E-state index contributed by atoms with van der Waals surface area (Å²) in [5, 5.41) is 19.9. The Balaban J connectivity index is 2.21. The molecule has 0 radical (unpaired) electrons. The lowest BCUT2D eigenvalue weighted by molar-refractivity contribution is -0.384. The molecule has 0 fully saturated rings.